The zero-order chi connectivity index (χ0) is 25.2. The summed E-state index contributed by atoms with van der Waals surface area (Å²) >= 11 is 3.48. The van der Waals surface area contributed by atoms with Crippen molar-refractivity contribution in [3.05, 3.63) is 64.3 Å². The third-order valence-corrected chi connectivity index (χ3v) is 8.81. The van der Waals surface area contributed by atoms with E-state index in [1.54, 1.807) is 4.90 Å². The molecule has 3 heterocycles. The van der Waals surface area contributed by atoms with Gasteiger partial charge in [-0.2, -0.15) is 0 Å². The minimum absolute atomic E-state index is 0.0473. The van der Waals surface area contributed by atoms with Gasteiger partial charge in [0, 0.05) is 40.3 Å². The van der Waals surface area contributed by atoms with Crippen LogP contribution in [0.2, 0.25) is 0 Å². The summed E-state index contributed by atoms with van der Waals surface area (Å²) in [4.78, 5) is 32.5. The maximum atomic E-state index is 12.8. The number of para-hydroxylation sites is 1. The summed E-state index contributed by atoms with van der Waals surface area (Å²) in [6.07, 6.45) is 5.44. The maximum Gasteiger partial charge on any atom is 0.321 e. The van der Waals surface area contributed by atoms with E-state index < -0.39 is 12.0 Å². The molecule has 36 heavy (non-hydrogen) atoms. The van der Waals surface area contributed by atoms with E-state index in [9.17, 15) is 14.7 Å². The van der Waals surface area contributed by atoms with E-state index in [-0.39, 0.29) is 11.9 Å². The van der Waals surface area contributed by atoms with Gasteiger partial charge >= 0.3 is 12.0 Å². The molecule has 2 aromatic carbocycles. The molecular formula is C28H33BrN4O3. The van der Waals surface area contributed by atoms with Crippen molar-refractivity contribution in [3.63, 3.8) is 0 Å². The van der Waals surface area contributed by atoms with Crippen LogP contribution in [0.1, 0.15) is 42.7 Å². The van der Waals surface area contributed by atoms with E-state index in [0.717, 1.165) is 47.2 Å². The highest BCUT2D eigenvalue weighted by Gasteiger charge is 2.38. The lowest BCUT2D eigenvalue weighted by Gasteiger charge is -2.41. The van der Waals surface area contributed by atoms with Crippen molar-refractivity contribution in [2.45, 2.75) is 44.6 Å². The summed E-state index contributed by atoms with van der Waals surface area (Å²) in [6.45, 7) is 4.69. The van der Waals surface area contributed by atoms with Crippen LogP contribution in [0.5, 0.6) is 0 Å². The van der Waals surface area contributed by atoms with Crippen LogP contribution in [0.4, 0.5) is 10.5 Å². The van der Waals surface area contributed by atoms with Gasteiger partial charge in [-0.3, -0.25) is 9.69 Å². The average molecular weight is 554 g/mol. The molecule has 2 amide bonds. The third-order valence-electron chi connectivity index (χ3n) is 7.92. The lowest BCUT2D eigenvalue weighted by molar-refractivity contribution is -0.146. The number of carboxylic acid groups (broad SMARTS) is 1. The number of nitrogens with one attached hydrogen (secondary N) is 2. The van der Waals surface area contributed by atoms with E-state index >= 15 is 0 Å². The normalized spacial score (nSPS) is 18.9. The molecule has 8 heteroatoms. The zero-order valence-electron chi connectivity index (χ0n) is 20.5. The number of urea groups is 1. The van der Waals surface area contributed by atoms with Gasteiger partial charge in [0.05, 0.1) is 0 Å². The summed E-state index contributed by atoms with van der Waals surface area (Å²) in [5, 5.41) is 14.4. The van der Waals surface area contributed by atoms with Gasteiger partial charge in [-0.25, -0.2) is 4.79 Å². The van der Waals surface area contributed by atoms with E-state index in [1.165, 1.54) is 10.9 Å². The molecule has 0 bridgehead atoms. The number of piperidine rings is 2. The number of likely N-dealkylation sites (tertiary alicyclic amines) is 2. The van der Waals surface area contributed by atoms with Crippen molar-refractivity contribution in [2.24, 2.45) is 5.92 Å². The summed E-state index contributed by atoms with van der Waals surface area (Å²) in [5.41, 5.74) is 4.33. The van der Waals surface area contributed by atoms with Crippen molar-refractivity contribution in [3.8, 4) is 0 Å². The minimum Gasteiger partial charge on any atom is -0.480 e. The first-order valence-corrected chi connectivity index (χ1v) is 13.5. The van der Waals surface area contributed by atoms with E-state index in [4.69, 9.17) is 0 Å². The molecule has 1 atom stereocenters. The highest BCUT2D eigenvalue weighted by atomic mass is 79.9. The van der Waals surface area contributed by atoms with Crippen LogP contribution < -0.4 is 5.32 Å². The molecule has 1 aromatic heterocycles. The Morgan fingerprint density at radius 3 is 2.47 bits per heavy atom. The van der Waals surface area contributed by atoms with Crippen LogP contribution in [0.15, 0.2) is 53.1 Å². The Balaban J connectivity index is 1.17. The van der Waals surface area contributed by atoms with Gasteiger partial charge in [0.2, 0.25) is 0 Å². The number of carbonyl (C=O) groups is 2. The molecule has 3 aromatic rings. The summed E-state index contributed by atoms with van der Waals surface area (Å²) in [7, 11) is 0. The Kier molecular flexibility index (Phi) is 7.34. The molecule has 1 unspecified atom stereocenters. The number of aromatic amines is 1. The molecule has 0 saturated carbocycles. The molecule has 3 N–H and O–H groups in total. The maximum absolute atomic E-state index is 12.8. The average Bonchev–Trinajstić information content (AvgIpc) is 3.31. The molecule has 0 radical (unpaired) electrons. The molecule has 5 rings (SSSR count). The van der Waals surface area contributed by atoms with Gasteiger partial charge in [-0.1, -0.05) is 34.1 Å². The topological polar surface area (TPSA) is 88.7 Å². The fourth-order valence-corrected chi connectivity index (χ4v) is 6.17. The fraction of sp³-hybridized carbons (Fsp3) is 0.429. The number of aryl methyl sites for hydroxylation is 1. The van der Waals surface area contributed by atoms with E-state index in [1.807, 2.05) is 31.2 Å². The number of carbonyl (C=O) groups excluding carboxylic acids is 1. The standard InChI is InChI=1S/C28H33BrN4O3/c1-18-16-21(6-7-24(18)29)31-28(36)33-14-10-20(11-15-33)26(27(34)35)32-12-8-19(9-13-32)23-17-30-25-5-3-2-4-22(23)25/h2-7,16-17,19-20,26,30H,8-15H2,1H3,(H,31,36)(H,34,35). The predicted molar refractivity (Wildman–Crippen MR) is 145 cm³/mol. The highest BCUT2D eigenvalue weighted by Crippen LogP contribution is 2.35. The van der Waals surface area contributed by atoms with Crippen LogP contribution in [0.3, 0.4) is 0 Å². The molecule has 0 spiro atoms. The SMILES string of the molecule is Cc1cc(NC(=O)N2CCC(C(C(=O)O)N3CCC(c4c[nH]c5ccccc45)CC3)CC2)ccc1Br. The van der Waals surface area contributed by atoms with Gasteiger partial charge in [-0.15, -0.1) is 0 Å². The first kappa shape index (κ1) is 24.8. The minimum atomic E-state index is -0.742. The molecule has 2 aliphatic rings. The zero-order valence-corrected chi connectivity index (χ0v) is 22.1. The fourth-order valence-electron chi connectivity index (χ4n) is 5.92. The van der Waals surface area contributed by atoms with Gasteiger partial charge in [0.1, 0.15) is 6.04 Å². The number of aliphatic carboxylic acids is 1. The quantitative estimate of drug-likeness (QED) is 0.372. The number of amides is 2. The summed E-state index contributed by atoms with van der Waals surface area (Å²) < 4.78 is 1.01. The van der Waals surface area contributed by atoms with Crippen LogP contribution >= 0.6 is 15.9 Å². The van der Waals surface area contributed by atoms with E-state index in [0.29, 0.717) is 31.8 Å². The van der Waals surface area contributed by atoms with Crippen molar-refractivity contribution >= 4 is 44.5 Å². The van der Waals surface area contributed by atoms with Gasteiger partial charge in [0.25, 0.3) is 0 Å². The highest BCUT2D eigenvalue weighted by molar-refractivity contribution is 9.10. The number of carboxylic acids is 1. The molecule has 2 fully saturated rings. The van der Waals surface area contributed by atoms with Crippen LogP contribution in [-0.2, 0) is 4.79 Å². The lowest BCUT2D eigenvalue weighted by Crippen LogP contribution is -2.52. The number of H-pyrrole nitrogens is 1. The summed E-state index contributed by atoms with van der Waals surface area (Å²) in [6, 6.07) is 13.5. The molecule has 2 saturated heterocycles. The molecule has 2 aliphatic heterocycles. The second-order valence-electron chi connectivity index (χ2n) is 10.1. The second kappa shape index (κ2) is 10.6. The van der Waals surface area contributed by atoms with Crippen LogP contribution in [-0.4, -0.2) is 64.1 Å². The first-order valence-electron chi connectivity index (χ1n) is 12.8. The number of fused-ring (bicyclic) bond motifs is 1. The second-order valence-corrected chi connectivity index (χ2v) is 11.0. The number of nitrogens with zero attached hydrogens (tertiary/aromatic N) is 2. The number of halogens is 1. The Morgan fingerprint density at radius 2 is 1.78 bits per heavy atom. The van der Waals surface area contributed by atoms with Crippen molar-refractivity contribution in [1.82, 2.24) is 14.8 Å². The number of rotatable bonds is 5. The van der Waals surface area contributed by atoms with Crippen LogP contribution in [0, 0.1) is 12.8 Å². The molecule has 7 nitrogen and oxygen atoms in total. The number of benzene rings is 2. The van der Waals surface area contributed by atoms with Gasteiger partial charge in [0.15, 0.2) is 0 Å². The van der Waals surface area contributed by atoms with Crippen molar-refractivity contribution < 1.29 is 14.7 Å². The molecule has 190 valence electrons. The smallest absolute Gasteiger partial charge is 0.321 e. The first-order chi connectivity index (χ1) is 17.4. The van der Waals surface area contributed by atoms with Crippen LogP contribution in [0.25, 0.3) is 10.9 Å². The lowest BCUT2D eigenvalue weighted by atomic mass is 9.84. The summed E-state index contributed by atoms with van der Waals surface area (Å²) in [5.74, 6) is -0.250. The monoisotopic (exact) mass is 552 g/mol. The predicted octanol–water partition coefficient (Wildman–Crippen LogP) is 5.82. The number of anilines is 1. The van der Waals surface area contributed by atoms with Crippen molar-refractivity contribution in [1.29, 1.82) is 0 Å². The Hall–Kier alpha value is -2.84. The largest absolute Gasteiger partial charge is 0.480 e. The molecule has 0 aliphatic carbocycles. The van der Waals surface area contributed by atoms with E-state index in [2.05, 4.69) is 55.5 Å². The van der Waals surface area contributed by atoms with Gasteiger partial charge in [-0.05, 0) is 92.9 Å². The molecular weight excluding hydrogens is 520 g/mol. The Bertz CT molecular complexity index is 1240. The number of hydrogen-bond donors (Lipinski definition) is 3. The Labute approximate surface area is 220 Å². The number of hydrogen-bond acceptors (Lipinski definition) is 3. The third kappa shape index (κ3) is 5.15. The van der Waals surface area contributed by atoms with Gasteiger partial charge < -0.3 is 20.3 Å². The Morgan fingerprint density at radius 1 is 1.06 bits per heavy atom. The van der Waals surface area contributed by atoms with Crippen molar-refractivity contribution in [2.75, 3.05) is 31.5 Å². The number of aromatic nitrogens is 1.